The van der Waals surface area contributed by atoms with E-state index < -0.39 is 16.8 Å². The summed E-state index contributed by atoms with van der Waals surface area (Å²) in [6.45, 7) is 5.09. The molecule has 4 heterocycles. The van der Waals surface area contributed by atoms with Gasteiger partial charge in [0.15, 0.2) is 5.13 Å². The molecule has 0 bridgehead atoms. The van der Waals surface area contributed by atoms with Crippen molar-refractivity contribution in [3.8, 4) is 0 Å². The number of anilines is 3. The Labute approximate surface area is 197 Å². The molecule has 4 rings (SSSR count). The molecule has 12 heteroatoms. The molecule has 172 valence electrons. The zero-order valence-corrected chi connectivity index (χ0v) is 20.3. The summed E-state index contributed by atoms with van der Waals surface area (Å²) < 4.78 is 13.1. The first-order chi connectivity index (χ1) is 15.4. The normalized spacial score (nSPS) is 20.5. The maximum absolute atomic E-state index is 13.1. The summed E-state index contributed by atoms with van der Waals surface area (Å²) in [5.74, 6) is 1.81. The highest BCUT2D eigenvalue weighted by atomic mass is 35.7. The summed E-state index contributed by atoms with van der Waals surface area (Å²) in [5.41, 5.74) is 0.840. The van der Waals surface area contributed by atoms with Gasteiger partial charge in [-0.2, -0.15) is 0 Å². The lowest BCUT2D eigenvalue weighted by Gasteiger charge is -2.22. The highest BCUT2D eigenvalue weighted by Gasteiger charge is 2.19. The molecule has 1 saturated heterocycles. The molecule has 32 heavy (non-hydrogen) atoms. The maximum Gasteiger partial charge on any atom is 0.267 e. The number of carbonyl (C=O) groups excluding carboxylic acids is 1. The highest BCUT2D eigenvalue weighted by molar-refractivity contribution is 8.40. The van der Waals surface area contributed by atoms with Crippen LogP contribution >= 0.6 is 32.1 Å². The molecule has 0 aromatic carbocycles. The lowest BCUT2D eigenvalue weighted by Crippen LogP contribution is -2.29. The fraction of sp³-hybridized carbons (Fsp3) is 0.400. The minimum atomic E-state index is -1.05. The Morgan fingerprint density at radius 3 is 2.94 bits per heavy atom. The van der Waals surface area contributed by atoms with Crippen LogP contribution in [-0.4, -0.2) is 65.7 Å². The van der Waals surface area contributed by atoms with Crippen molar-refractivity contribution in [1.82, 2.24) is 25.2 Å². The predicted molar refractivity (Wildman–Crippen MR) is 131 cm³/mol. The molecule has 0 aliphatic carbocycles. The van der Waals surface area contributed by atoms with Crippen LogP contribution in [0.2, 0.25) is 0 Å². The largest absolute Gasteiger partial charge is 0.355 e. The third-order valence-electron chi connectivity index (χ3n) is 5.10. The van der Waals surface area contributed by atoms with Crippen LogP contribution in [0.25, 0.3) is 0 Å². The first kappa shape index (κ1) is 23.0. The Morgan fingerprint density at radius 1 is 1.28 bits per heavy atom. The first-order valence-electron chi connectivity index (χ1n) is 10.2. The number of amides is 1. The molecule has 1 fully saturated rings. The molecule has 2 aromatic heterocycles. The average Bonchev–Trinajstić information content (AvgIpc) is 3.29. The van der Waals surface area contributed by atoms with Gasteiger partial charge in [0.2, 0.25) is 0 Å². The quantitative estimate of drug-likeness (QED) is 0.524. The van der Waals surface area contributed by atoms with Crippen LogP contribution in [0.15, 0.2) is 34.3 Å². The van der Waals surface area contributed by atoms with Crippen LogP contribution < -0.4 is 15.5 Å². The van der Waals surface area contributed by atoms with Gasteiger partial charge in [0.1, 0.15) is 29.0 Å². The monoisotopic (exact) mass is 497 g/mol. The van der Waals surface area contributed by atoms with Crippen molar-refractivity contribution >= 4 is 54.8 Å². The molecule has 2 aliphatic heterocycles. The molecule has 0 radical (unpaired) electrons. The number of hydrogen-bond donors (Lipinski definition) is 3. The van der Waals surface area contributed by atoms with Gasteiger partial charge in [0.05, 0.1) is 11.9 Å². The zero-order valence-electron chi connectivity index (χ0n) is 17.8. The number of aromatic nitrogens is 3. The van der Waals surface area contributed by atoms with Crippen LogP contribution in [0.4, 0.5) is 21.2 Å². The van der Waals surface area contributed by atoms with Crippen molar-refractivity contribution in [3.05, 3.63) is 45.1 Å². The number of aryl methyl sites for hydroxylation is 1. The van der Waals surface area contributed by atoms with Crippen LogP contribution in [0.5, 0.6) is 0 Å². The first-order valence-corrected chi connectivity index (χ1v) is 13.4. The van der Waals surface area contributed by atoms with Crippen molar-refractivity contribution < 1.29 is 9.18 Å². The number of allylic oxidation sites excluding steroid dienone is 1. The number of thiol groups is 1. The van der Waals surface area contributed by atoms with Crippen molar-refractivity contribution in [2.75, 3.05) is 50.1 Å². The minimum Gasteiger partial charge on any atom is -0.355 e. The van der Waals surface area contributed by atoms with Gasteiger partial charge in [0, 0.05) is 31.3 Å². The van der Waals surface area contributed by atoms with Gasteiger partial charge in [-0.05, 0) is 37.8 Å². The smallest absolute Gasteiger partial charge is 0.267 e. The van der Waals surface area contributed by atoms with E-state index in [1.165, 1.54) is 17.5 Å². The second-order valence-corrected chi connectivity index (χ2v) is 11.0. The summed E-state index contributed by atoms with van der Waals surface area (Å²) >= 11 is 1.20. The number of nitrogens with one attached hydrogen (secondary N) is 2. The number of alkyl halides is 1. The third-order valence-corrected chi connectivity index (χ3v) is 7.66. The number of nitrogens with zero attached hydrogens (tertiary/aromatic N) is 5. The molecule has 2 aliphatic rings. The predicted octanol–water partition coefficient (Wildman–Crippen LogP) is 3.72. The fourth-order valence-electron chi connectivity index (χ4n) is 3.46. The lowest BCUT2D eigenvalue weighted by molar-refractivity contribution is 0.0970. The summed E-state index contributed by atoms with van der Waals surface area (Å²) in [4.78, 5) is 30.9. The Bertz CT molecular complexity index is 1060. The van der Waals surface area contributed by atoms with E-state index in [0.29, 0.717) is 32.9 Å². The van der Waals surface area contributed by atoms with Crippen LogP contribution in [0.1, 0.15) is 21.9 Å². The molecule has 1 unspecified atom stereocenters. The van der Waals surface area contributed by atoms with Crippen LogP contribution in [0.3, 0.4) is 0 Å². The third kappa shape index (κ3) is 5.58. The van der Waals surface area contributed by atoms with E-state index in [0.717, 1.165) is 38.4 Å². The molecule has 0 saturated carbocycles. The van der Waals surface area contributed by atoms with Gasteiger partial charge < -0.3 is 20.4 Å². The van der Waals surface area contributed by atoms with Crippen molar-refractivity contribution in [3.63, 3.8) is 0 Å². The van der Waals surface area contributed by atoms with Gasteiger partial charge >= 0.3 is 0 Å². The van der Waals surface area contributed by atoms with Gasteiger partial charge in [-0.15, -0.1) is 10.1 Å². The van der Waals surface area contributed by atoms with Gasteiger partial charge in [0.25, 0.3) is 5.91 Å². The number of carbonyl (C=O) groups is 1. The van der Waals surface area contributed by atoms with Crippen LogP contribution in [0, 0.1) is 6.92 Å². The van der Waals surface area contributed by atoms with Gasteiger partial charge in [-0.25, -0.2) is 19.3 Å². The van der Waals surface area contributed by atoms with E-state index in [1.54, 1.807) is 10.8 Å². The second kappa shape index (κ2) is 10.2. The van der Waals surface area contributed by atoms with E-state index in [2.05, 4.69) is 42.4 Å². The maximum atomic E-state index is 13.1. The summed E-state index contributed by atoms with van der Waals surface area (Å²) in [7, 11) is 7.14. The molecule has 0 spiro atoms. The van der Waals surface area contributed by atoms with Crippen molar-refractivity contribution in [2.24, 2.45) is 0 Å². The van der Waals surface area contributed by atoms with E-state index >= 15 is 0 Å². The highest BCUT2D eigenvalue weighted by Crippen LogP contribution is 2.43. The standard InChI is InChI=1S/C20H25ClFN7OS2/c1-13-24-17(8-18(25-13)29-5-3-4-28(2)6-7-29)27-20-23-10-16(31-20)19(30)26-15-12-32(21)11-14(15)9-22/h8,10-12,32H,3-7,9H2,1-2H3,(H,26,30)(H,23,24,25,27). The molecular weight excluding hydrogens is 473 g/mol. The van der Waals surface area contributed by atoms with E-state index in [9.17, 15) is 9.18 Å². The van der Waals surface area contributed by atoms with Crippen LogP contribution in [-0.2, 0) is 0 Å². The number of likely N-dealkylation sites (N-methyl/N-ethyl adjacent to an activating group) is 1. The number of thiazole rings is 1. The topological polar surface area (TPSA) is 86.3 Å². The Balaban J connectivity index is 1.44. The summed E-state index contributed by atoms with van der Waals surface area (Å²) in [5, 5.41) is 9.76. The number of rotatable bonds is 6. The zero-order chi connectivity index (χ0) is 22.7. The molecular formula is C20H25ClFN7OS2. The molecule has 1 amide bonds. The minimum absolute atomic E-state index is 0.351. The molecule has 2 aromatic rings. The Kier molecular flexibility index (Phi) is 7.29. The second-order valence-electron chi connectivity index (χ2n) is 7.59. The van der Waals surface area contributed by atoms with Crippen molar-refractivity contribution in [1.29, 1.82) is 0 Å². The van der Waals surface area contributed by atoms with Gasteiger partial charge in [-0.3, -0.25) is 4.79 Å². The summed E-state index contributed by atoms with van der Waals surface area (Å²) in [6.07, 6.45) is 2.56. The molecule has 1 atom stereocenters. The summed E-state index contributed by atoms with van der Waals surface area (Å²) in [6, 6.07) is 1.91. The Morgan fingerprint density at radius 2 is 2.12 bits per heavy atom. The Hall–Kier alpha value is -2.21. The van der Waals surface area contributed by atoms with E-state index in [4.69, 9.17) is 10.7 Å². The van der Waals surface area contributed by atoms with E-state index in [1.807, 2.05) is 13.0 Å². The SMILES string of the molecule is Cc1nc(Nc2ncc(C(=O)NC3=C[SH](Cl)C=C3CF)s2)cc(N2CCCN(C)CC2)n1. The van der Waals surface area contributed by atoms with E-state index in [-0.39, 0.29) is 5.91 Å². The van der Waals surface area contributed by atoms with Gasteiger partial charge in [-0.1, -0.05) is 22.0 Å². The molecule has 2 N–H and O–H groups in total. The number of halogens is 2. The lowest BCUT2D eigenvalue weighted by atomic mass is 10.2. The van der Waals surface area contributed by atoms with Crippen molar-refractivity contribution in [2.45, 2.75) is 13.3 Å². The average molecular weight is 498 g/mol. The fourth-order valence-corrected chi connectivity index (χ4v) is 5.89. The molecule has 8 nitrogen and oxygen atoms in total. The number of hydrogen-bond acceptors (Lipinski definition) is 8.